The van der Waals surface area contributed by atoms with Crippen LogP contribution in [0.25, 0.3) is 0 Å². The van der Waals surface area contributed by atoms with Gasteiger partial charge >= 0.3 is 0 Å². The quantitative estimate of drug-likeness (QED) is 0.795. The topological polar surface area (TPSA) is 57.6 Å². The smallest absolute Gasteiger partial charge is 0.222 e. The first kappa shape index (κ1) is 15.4. The Morgan fingerprint density at radius 2 is 1.84 bits per heavy atom. The summed E-state index contributed by atoms with van der Waals surface area (Å²) in [6.45, 7) is 4.20. The summed E-state index contributed by atoms with van der Waals surface area (Å²) >= 11 is 0. The van der Waals surface area contributed by atoms with Crippen LogP contribution < -0.4 is 0 Å². The number of ketones is 1. The zero-order chi connectivity index (χ0) is 14.4. The lowest BCUT2D eigenvalue weighted by Gasteiger charge is -2.15. The molecule has 0 bridgehead atoms. The molecule has 1 rings (SSSR count). The van der Waals surface area contributed by atoms with Crippen molar-refractivity contribution in [1.82, 2.24) is 4.90 Å². The van der Waals surface area contributed by atoms with Gasteiger partial charge in [0, 0.05) is 32.0 Å². The largest absolute Gasteiger partial charge is 0.395 e. The SMILES string of the molecule is Cc1ccc(C(=O)CCC(=O)N(C)CCO)cc1C. The van der Waals surface area contributed by atoms with Crippen molar-refractivity contribution in [2.24, 2.45) is 0 Å². The Hall–Kier alpha value is -1.68. The van der Waals surface area contributed by atoms with E-state index in [9.17, 15) is 9.59 Å². The van der Waals surface area contributed by atoms with E-state index in [2.05, 4.69) is 0 Å². The lowest BCUT2D eigenvalue weighted by molar-refractivity contribution is -0.130. The summed E-state index contributed by atoms with van der Waals surface area (Å²) < 4.78 is 0. The van der Waals surface area contributed by atoms with Gasteiger partial charge in [-0.2, -0.15) is 0 Å². The molecule has 0 aliphatic heterocycles. The molecule has 0 saturated carbocycles. The predicted octanol–water partition coefficient (Wildman–Crippen LogP) is 1.72. The third kappa shape index (κ3) is 4.48. The molecular weight excluding hydrogens is 242 g/mol. The molecule has 0 aliphatic carbocycles. The Bertz CT molecular complexity index is 468. The number of nitrogens with zero attached hydrogens (tertiary/aromatic N) is 1. The second-order valence-corrected chi connectivity index (χ2v) is 4.76. The number of hydrogen-bond acceptors (Lipinski definition) is 3. The van der Waals surface area contributed by atoms with E-state index in [1.165, 1.54) is 4.90 Å². The number of rotatable bonds is 6. The third-order valence-electron chi connectivity index (χ3n) is 3.26. The normalized spacial score (nSPS) is 10.3. The molecule has 4 heteroatoms. The molecule has 0 unspecified atom stereocenters. The van der Waals surface area contributed by atoms with Crippen molar-refractivity contribution in [3.05, 3.63) is 34.9 Å². The maximum Gasteiger partial charge on any atom is 0.222 e. The lowest BCUT2D eigenvalue weighted by Crippen LogP contribution is -2.29. The summed E-state index contributed by atoms with van der Waals surface area (Å²) in [7, 11) is 1.62. The van der Waals surface area contributed by atoms with Crippen LogP contribution in [-0.4, -0.2) is 41.9 Å². The average molecular weight is 263 g/mol. The highest BCUT2D eigenvalue weighted by atomic mass is 16.3. The fourth-order valence-corrected chi connectivity index (χ4v) is 1.75. The fourth-order valence-electron chi connectivity index (χ4n) is 1.75. The molecule has 104 valence electrons. The van der Waals surface area contributed by atoms with E-state index >= 15 is 0 Å². The number of aryl methyl sites for hydroxylation is 2. The maximum atomic E-state index is 12.0. The molecule has 1 N–H and O–H groups in total. The Labute approximate surface area is 114 Å². The fraction of sp³-hybridized carbons (Fsp3) is 0.467. The Morgan fingerprint density at radius 3 is 2.42 bits per heavy atom. The average Bonchev–Trinajstić information content (AvgIpc) is 2.39. The van der Waals surface area contributed by atoms with Gasteiger partial charge in [0.25, 0.3) is 0 Å². The third-order valence-corrected chi connectivity index (χ3v) is 3.26. The van der Waals surface area contributed by atoms with Crippen molar-refractivity contribution in [3.63, 3.8) is 0 Å². The highest BCUT2D eigenvalue weighted by Crippen LogP contribution is 2.12. The van der Waals surface area contributed by atoms with E-state index in [0.717, 1.165) is 11.1 Å². The summed E-state index contributed by atoms with van der Waals surface area (Å²) in [6.07, 6.45) is 0.388. The van der Waals surface area contributed by atoms with Crippen LogP contribution >= 0.6 is 0 Å². The molecule has 0 atom stereocenters. The second-order valence-electron chi connectivity index (χ2n) is 4.76. The molecule has 0 heterocycles. The molecular formula is C15H21NO3. The molecule has 0 aliphatic rings. The van der Waals surface area contributed by atoms with Gasteiger partial charge in [-0.25, -0.2) is 0 Å². The van der Waals surface area contributed by atoms with Crippen molar-refractivity contribution in [1.29, 1.82) is 0 Å². The van der Waals surface area contributed by atoms with Crippen LogP contribution in [0.4, 0.5) is 0 Å². The van der Waals surface area contributed by atoms with Crippen LogP contribution in [0.15, 0.2) is 18.2 Å². The van der Waals surface area contributed by atoms with Gasteiger partial charge in [0.2, 0.25) is 5.91 Å². The van der Waals surface area contributed by atoms with Crippen LogP contribution in [0.2, 0.25) is 0 Å². The molecule has 0 fully saturated rings. The van der Waals surface area contributed by atoms with Gasteiger partial charge in [0.1, 0.15) is 0 Å². The standard InChI is InChI=1S/C15H21NO3/c1-11-4-5-13(10-12(11)2)14(18)6-7-15(19)16(3)8-9-17/h4-5,10,17H,6-9H2,1-3H3. The van der Waals surface area contributed by atoms with Crippen LogP contribution in [0, 0.1) is 13.8 Å². The minimum absolute atomic E-state index is 0.0196. The van der Waals surface area contributed by atoms with Gasteiger partial charge in [-0.15, -0.1) is 0 Å². The van der Waals surface area contributed by atoms with Crippen molar-refractivity contribution in [2.45, 2.75) is 26.7 Å². The Balaban J connectivity index is 2.56. The number of aliphatic hydroxyl groups is 1. The van der Waals surface area contributed by atoms with Crippen LogP contribution in [0.1, 0.15) is 34.3 Å². The highest BCUT2D eigenvalue weighted by Gasteiger charge is 2.12. The van der Waals surface area contributed by atoms with Crippen molar-refractivity contribution < 1.29 is 14.7 Å². The van der Waals surface area contributed by atoms with Crippen LogP contribution in [0.5, 0.6) is 0 Å². The zero-order valence-electron chi connectivity index (χ0n) is 11.8. The number of Topliss-reactive ketones (excluding diaryl/α,β-unsaturated/α-hetero) is 1. The molecule has 0 saturated heterocycles. The molecule has 0 aromatic heterocycles. The van der Waals surface area contributed by atoms with Crippen LogP contribution in [-0.2, 0) is 4.79 Å². The minimum Gasteiger partial charge on any atom is -0.395 e. The van der Waals surface area contributed by atoms with Crippen LogP contribution in [0.3, 0.4) is 0 Å². The van der Waals surface area contributed by atoms with E-state index in [4.69, 9.17) is 5.11 Å². The van der Waals surface area contributed by atoms with Crippen molar-refractivity contribution >= 4 is 11.7 Å². The molecule has 0 spiro atoms. The van der Waals surface area contributed by atoms with E-state index in [1.807, 2.05) is 26.0 Å². The van der Waals surface area contributed by atoms with Gasteiger partial charge in [-0.05, 0) is 31.0 Å². The molecule has 19 heavy (non-hydrogen) atoms. The zero-order valence-corrected chi connectivity index (χ0v) is 11.8. The van der Waals surface area contributed by atoms with E-state index in [0.29, 0.717) is 12.1 Å². The summed E-state index contributed by atoms with van der Waals surface area (Å²) in [6, 6.07) is 5.58. The van der Waals surface area contributed by atoms with Crippen molar-refractivity contribution in [2.75, 3.05) is 20.2 Å². The Morgan fingerprint density at radius 1 is 1.16 bits per heavy atom. The number of likely N-dealkylation sites (N-methyl/N-ethyl adjacent to an activating group) is 1. The molecule has 0 radical (unpaired) electrons. The number of amides is 1. The number of aliphatic hydroxyl groups excluding tert-OH is 1. The first-order valence-electron chi connectivity index (χ1n) is 6.41. The summed E-state index contributed by atoms with van der Waals surface area (Å²) in [5.41, 5.74) is 2.88. The second kappa shape index (κ2) is 7.04. The monoisotopic (exact) mass is 263 g/mol. The number of carbonyl (C=O) groups excluding carboxylic acids is 2. The molecule has 1 amide bonds. The number of benzene rings is 1. The van der Waals surface area contributed by atoms with Gasteiger partial charge in [-0.1, -0.05) is 12.1 Å². The van der Waals surface area contributed by atoms with Gasteiger partial charge in [0.05, 0.1) is 6.61 Å². The minimum atomic E-state index is -0.119. The molecule has 4 nitrogen and oxygen atoms in total. The molecule has 1 aromatic rings. The van der Waals surface area contributed by atoms with Crippen molar-refractivity contribution in [3.8, 4) is 0 Å². The first-order valence-corrected chi connectivity index (χ1v) is 6.41. The predicted molar refractivity (Wildman–Crippen MR) is 74.2 cm³/mol. The van der Waals surface area contributed by atoms with E-state index in [1.54, 1.807) is 13.1 Å². The summed E-state index contributed by atoms with van der Waals surface area (Å²) in [4.78, 5) is 25.1. The first-order chi connectivity index (χ1) is 8.95. The summed E-state index contributed by atoms with van der Waals surface area (Å²) in [5.74, 6) is -0.139. The lowest BCUT2D eigenvalue weighted by atomic mass is 10.0. The molecule has 1 aromatic carbocycles. The summed E-state index contributed by atoms with van der Waals surface area (Å²) in [5, 5.41) is 8.74. The maximum absolute atomic E-state index is 12.0. The highest BCUT2D eigenvalue weighted by molar-refractivity contribution is 5.98. The van der Waals surface area contributed by atoms with E-state index in [-0.39, 0.29) is 31.1 Å². The Kier molecular flexibility index (Phi) is 5.70. The van der Waals surface area contributed by atoms with Gasteiger partial charge in [-0.3, -0.25) is 9.59 Å². The van der Waals surface area contributed by atoms with Gasteiger partial charge < -0.3 is 10.0 Å². The van der Waals surface area contributed by atoms with E-state index < -0.39 is 0 Å². The number of hydrogen-bond donors (Lipinski definition) is 1. The number of carbonyl (C=O) groups is 2. The van der Waals surface area contributed by atoms with Gasteiger partial charge in [0.15, 0.2) is 5.78 Å².